The molecule has 1 aromatic heterocycles. The van der Waals surface area contributed by atoms with E-state index in [1.54, 1.807) is 13.0 Å². The number of nitrogens with one attached hydrogen (secondary N) is 1. The zero-order valence-electron chi connectivity index (χ0n) is 8.56. The monoisotopic (exact) mass is 192 g/mol. The molecule has 0 spiro atoms. The zero-order chi connectivity index (χ0) is 10.3. The van der Waals surface area contributed by atoms with Gasteiger partial charge in [0.25, 0.3) is 0 Å². The van der Waals surface area contributed by atoms with E-state index in [9.17, 15) is 4.39 Å². The molecule has 0 unspecified atom stereocenters. The van der Waals surface area contributed by atoms with Gasteiger partial charge in [-0.15, -0.1) is 0 Å². The van der Waals surface area contributed by atoms with Crippen LogP contribution in [0.1, 0.15) is 31.2 Å². The summed E-state index contributed by atoms with van der Waals surface area (Å²) < 4.78 is 13.2. The quantitative estimate of drug-likeness (QED) is 0.738. The number of hydrogen-bond acceptors (Lipinski definition) is 1. The fraction of sp³-hybridized carbons (Fsp3) is 0.364. The molecule has 74 valence electrons. The summed E-state index contributed by atoms with van der Waals surface area (Å²) in [5, 5.41) is 0. The van der Waals surface area contributed by atoms with Crippen LogP contribution in [0.3, 0.4) is 0 Å². The number of rotatable bonds is 1. The van der Waals surface area contributed by atoms with Crippen LogP contribution in [0.25, 0.3) is 11.0 Å². The number of aryl methyl sites for hydroxylation is 1. The van der Waals surface area contributed by atoms with Gasteiger partial charge in [0.15, 0.2) is 0 Å². The largest absolute Gasteiger partial charge is 0.342 e. The number of nitrogens with zero attached hydrogens (tertiary/aromatic N) is 1. The Labute approximate surface area is 82.2 Å². The molecule has 0 fully saturated rings. The molecule has 1 N–H and O–H groups in total. The summed E-state index contributed by atoms with van der Waals surface area (Å²) in [7, 11) is 0. The number of H-pyrrole nitrogens is 1. The molecule has 0 radical (unpaired) electrons. The Kier molecular flexibility index (Phi) is 2.02. The average molecular weight is 192 g/mol. The van der Waals surface area contributed by atoms with Crippen molar-refractivity contribution in [3.63, 3.8) is 0 Å². The molecule has 1 heterocycles. The third-order valence-electron chi connectivity index (χ3n) is 2.41. The van der Waals surface area contributed by atoms with Crippen LogP contribution in [0.5, 0.6) is 0 Å². The third-order valence-corrected chi connectivity index (χ3v) is 2.41. The minimum Gasteiger partial charge on any atom is -0.342 e. The molecule has 0 saturated carbocycles. The van der Waals surface area contributed by atoms with E-state index in [-0.39, 0.29) is 5.82 Å². The van der Waals surface area contributed by atoms with Crippen molar-refractivity contribution < 1.29 is 4.39 Å². The minimum absolute atomic E-state index is 0.195. The summed E-state index contributed by atoms with van der Waals surface area (Å²) in [5.74, 6) is 1.05. The molecule has 0 aliphatic rings. The minimum atomic E-state index is -0.195. The van der Waals surface area contributed by atoms with E-state index in [1.165, 1.54) is 6.07 Å². The van der Waals surface area contributed by atoms with Gasteiger partial charge in [0, 0.05) is 11.5 Å². The highest BCUT2D eigenvalue weighted by Gasteiger charge is 2.10. The van der Waals surface area contributed by atoms with Gasteiger partial charge < -0.3 is 4.98 Å². The molecule has 0 bridgehead atoms. The first-order chi connectivity index (χ1) is 6.59. The molecule has 3 heteroatoms. The number of aromatic nitrogens is 2. The number of aromatic amines is 1. The van der Waals surface area contributed by atoms with E-state index < -0.39 is 0 Å². The van der Waals surface area contributed by atoms with Gasteiger partial charge in [-0.1, -0.05) is 13.8 Å². The van der Waals surface area contributed by atoms with E-state index >= 15 is 0 Å². The summed E-state index contributed by atoms with van der Waals surface area (Å²) >= 11 is 0. The number of benzene rings is 1. The first-order valence-corrected chi connectivity index (χ1v) is 4.74. The second-order valence-corrected chi connectivity index (χ2v) is 3.85. The van der Waals surface area contributed by atoms with Gasteiger partial charge in [-0.3, -0.25) is 0 Å². The van der Waals surface area contributed by atoms with E-state index in [0.717, 1.165) is 16.9 Å². The summed E-state index contributed by atoms with van der Waals surface area (Å²) in [6.45, 7) is 5.87. The maximum Gasteiger partial charge on any atom is 0.128 e. The standard InChI is InChI=1S/C11H13FN2/c1-6(2)11-13-9-5-4-8(12)7(3)10(9)14-11/h4-6H,1-3H3,(H,13,14). The highest BCUT2D eigenvalue weighted by atomic mass is 19.1. The SMILES string of the molecule is Cc1c(F)ccc2[nH]c(C(C)C)nc12. The van der Waals surface area contributed by atoms with Crippen LogP contribution in [0.4, 0.5) is 4.39 Å². The van der Waals surface area contributed by atoms with Crippen LogP contribution in [0.2, 0.25) is 0 Å². The Morgan fingerprint density at radius 2 is 2.07 bits per heavy atom. The van der Waals surface area contributed by atoms with E-state index in [4.69, 9.17) is 0 Å². The van der Waals surface area contributed by atoms with Crippen molar-refractivity contribution in [1.82, 2.24) is 9.97 Å². The number of hydrogen-bond donors (Lipinski definition) is 1. The van der Waals surface area contributed by atoms with Crippen molar-refractivity contribution >= 4 is 11.0 Å². The Morgan fingerprint density at radius 3 is 2.71 bits per heavy atom. The molecule has 0 amide bonds. The van der Waals surface area contributed by atoms with Crippen LogP contribution in [-0.4, -0.2) is 9.97 Å². The Morgan fingerprint density at radius 1 is 1.36 bits per heavy atom. The maximum atomic E-state index is 13.2. The molecule has 0 atom stereocenters. The van der Waals surface area contributed by atoms with Crippen LogP contribution < -0.4 is 0 Å². The Balaban J connectivity index is 2.71. The molecule has 2 nitrogen and oxygen atoms in total. The van der Waals surface area contributed by atoms with Crippen molar-refractivity contribution in [3.8, 4) is 0 Å². The fourth-order valence-electron chi connectivity index (χ4n) is 1.48. The van der Waals surface area contributed by atoms with Crippen LogP contribution in [-0.2, 0) is 0 Å². The average Bonchev–Trinajstić information content (AvgIpc) is 2.56. The van der Waals surface area contributed by atoms with Gasteiger partial charge in [-0.25, -0.2) is 9.37 Å². The lowest BCUT2D eigenvalue weighted by Crippen LogP contribution is -1.88. The van der Waals surface area contributed by atoms with Gasteiger partial charge in [0.05, 0.1) is 11.0 Å². The molecule has 2 aromatic rings. The van der Waals surface area contributed by atoms with Crippen molar-refractivity contribution in [1.29, 1.82) is 0 Å². The summed E-state index contributed by atoms with van der Waals surface area (Å²) in [4.78, 5) is 7.56. The zero-order valence-corrected chi connectivity index (χ0v) is 8.56. The first-order valence-electron chi connectivity index (χ1n) is 4.74. The van der Waals surface area contributed by atoms with Crippen molar-refractivity contribution in [3.05, 3.63) is 29.3 Å². The normalized spacial score (nSPS) is 11.5. The maximum absolute atomic E-state index is 13.2. The van der Waals surface area contributed by atoms with Crippen LogP contribution >= 0.6 is 0 Å². The summed E-state index contributed by atoms with van der Waals surface area (Å²) in [6, 6.07) is 3.20. The van der Waals surface area contributed by atoms with Crippen molar-refractivity contribution in [2.75, 3.05) is 0 Å². The molecular weight excluding hydrogens is 179 g/mol. The van der Waals surface area contributed by atoms with Crippen molar-refractivity contribution in [2.24, 2.45) is 0 Å². The predicted octanol–water partition coefficient (Wildman–Crippen LogP) is 3.13. The molecular formula is C11H13FN2. The lowest BCUT2D eigenvalue weighted by atomic mass is 10.2. The van der Waals surface area contributed by atoms with Gasteiger partial charge >= 0.3 is 0 Å². The molecule has 1 aromatic carbocycles. The topological polar surface area (TPSA) is 28.7 Å². The van der Waals surface area contributed by atoms with Gasteiger partial charge in [-0.2, -0.15) is 0 Å². The molecule has 0 aliphatic carbocycles. The third kappa shape index (κ3) is 1.29. The Hall–Kier alpha value is -1.38. The Bertz CT molecular complexity index is 471. The van der Waals surface area contributed by atoms with Crippen LogP contribution in [0, 0.1) is 12.7 Å². The molecule has 0 aliphatic heterocycles. The lowest BCUT2D eigenvalue weighted by molar-refractivity contribution is 0.620. The highest BCUT2D eigenvalue weighted by Crippen LogP contribution is 2.21. The number of imidazole rings is 1. The second kappa shape index (κ2) is 3.08. The predicted molar refractivity (Wildman–Crippen MR) is 54.9 cm³/mol. The van der Waals surface area contributed by atoms with Gasteiger partial charge in [0.1, 0.15) is 11.6 Å². The van der Waals surface area contributed by atoms with E-state index in [2.05, 4.69) is 23.8 Å². The van der Waals surface area contributed by atoms with E-state index in [0.29, 0.717) is 11.5 Å². The summed E-state index contributed by atoms with van der Waals surface area (Å²) in [6.07, 6.45) is 0. The number of fused-ring (bicyclic) bond motifs is 1. The van der Waals surface area contributed by atoms with E-state index in [1.807, 2.05) is 0 Å². The fourth-order valence-corrected chi connectivity index (χ4v) is 1.48. The smallest absolute Gasteiger partial charge is 0.128 e. The highest BCUT2D eigenvalue weighted by molar-refractivity contribution is 5.78. The molecule has 0 saturated heterocycles. The van der Waals surface area contributed by atoms with Crippen molar-refractivity contribution in [2.45, 2.75) is 26.7 Å². The second-order valence-electron chi connectivity index (χ2n) is 3.85. The first kappa shape index (κ1) is 9.19. The van der Waals surface area contributed by atoms with Gasteiger partial charge in [-0.05, 0) is 19.1 Å². The lowest BCUT2D eigenvalue weighted by Gasteiger charge is -1.96. The number of halogens is 1. The van der Waals surface area contributed by atoms with Gasteiger partial charge in [0.2, 0.25) is 0 Å². The van der Waals surface area contributed by atoms with Crippen LogP contribution in [0.15, 0.2) is 12.1 Å². The molecule has 14 heavy (non-hydrogen) atoms. The summed E-state index contributed by atoms with van der Waals surface area (Å²) in [5.41, 5.74) is 2.27. The molecule has 2 rings (SSSR count).